The molecule has 1 heterocycles. The van der Waals surface area contributed by atoms with Crippen LogP contribution in [0.3, 0.4) is 0 Å². The Balaban J connectivity index is 1.65. The van der Waals surface area contributed by atoms with E-state index < -0.39 is 26.6 Å². The zero-order valence-electron chi connectivity index (χ0n) is 14.7. The Morgan fingerprint density at radius 2 is 1.75 bits per heavy atom. The minimum Gasteiger partial charge on any atom is -0.337 e. The van der Waals surface area contributed by atoms with E-state index in [2.05, 4.69) is 0 Å². The van der Waals surface area contributed by atoms with Crippen molar-refractivity contribution in [1.29, 1.82) is 0 Å². The number of carbonyl (C=O) groups excluding carboxylic acids is 1. The molecule has 1 saturated heterocycles. The van der Waals surface area contributed by atoms with Crippen molar-refractivity contribution < 1.29 is 22.0 Å². The van der Waals surface area contributed by atoms with E-state index in [9.17, 15) is 22.0 Å². The van der Waals surface area contributed by atoms with Crippen LogP contribution >= 0.6 is 11.6 Å². The molecule has 0 atom stereocenters. The summed E-state index contributed by atoms with van der Waals surface area (Å²) in [6.07, 6.45) is 3.02. The minimum atomic E-state index is -4.18. The van der Waals surface area contributed by atoms with Crippen molar-refractivity contribution in [3.05, 3.63) is 70.8 Å². The third-order valence-corrected chi connectivity index (χ3v) is 6.48. The van der Waals surface area contributed by atoms with E-state index in [1.807, 2.05) is 0 Å². The van der Waals surface area contributed by atoms with E-state index in [4.69, 9.17) is 11.6 Å². The third kappa shape index (κ3) is 4.57. The molecule has 0 aromatic heterocycles. The van der Waals surface area contributed by atoms with Gasteiger partial charge in [-0.25, -0.2) is 17.2 Å². The summed E-state index contributed by atoms with van der Waals surface area (Å²) in [5.41, 5.74) is 0.767. The molecule has 1 fully saturated rings. The van der Waals surface area contributed by atoms with Gasteiger partial charge in [-0.15, -0.1) is 0 Å². The Bertz CT molecular complexity index is 1020. The molecule has 0 spiro atoms. The van der Waals surface area contributed by atoms with Crippen LogP contribution in [0.1, 0.15) is 5.56 Å². The highest BCUT2D eigenvalue weighted by molar-refractivity contribution is 7.89. The lowest BCUT2D eigenvalue weighted by Gasteiger charge is -2.33. The molecule has 0 unspecified atom stereocenters. The summed E-state index contributed by atoms with van der Waals surface area (Å²) < 4.78 is 53.4. The Kier molecular flexibility index (Phi) is 6.12. The molecule has 0 radical (unpaired) electrons. The lowest BCUT2D eigenvalue weighted by atomic mass is 10.2. The van der Waals surface area contributed by atoms with E-state index in [0.29, 0.717) is 11.1 Å². The van der Waals surface area contributed by atoms with Crippen LogP contribution in [0.4, 0.5) is 8.78 Å². The van der Waals surface area contributed by atoms with Gasteiger partial charge >= 0.3 is 0 Å². The van der Waals surface area contributed by atoms with Crippen molar-refractivity contribution in [2.45, 2.75) is 4.90 Å². The first-order chi connectivity index (χ1) is 13.3. The Labute approximate surface area is 166 Å². The maximum atomic E-state index is 13.9. The minimum absolute atomic E-state index is 0.00493. The summed E-state index contributed by atoms with van der Waals surface area (Å²) in [6.45, 7) is 0.286. The van der Waals surface area contributed by atoms with Gasteiger partial charge in [0.25, 0.3) is 0 Å². The first kappa shape index (κ1) is 20.4. The number of hydrogen-bond donors (Lipinski definition) is 0. The SMILES string of the molecule is O=C(/C=C/c1cccc(Cl)c1)N1CCN(S(=O)(=O)c2cc(F)ccc2F)CC1. The van der Waals surface area contributed by atoms with Crippen LogP contribution in [0.5, 0.6) is 0 Å². The fourth-order valence-corrected chi connectivity index (χ4v) is 4.54. The summed E-state index contributed by atoms with van der Waals surface area (Å²) >= 11 is 5.90. The van der Waals surface area contributed by atoms with Gasteiger partial charge in [-0.05, 0) is 42.0 Å². The Morgan fingerprint density at radius 3 is 2.43 bits per heavy atom. The number of amides is 1. The number of rotatable bonds is 4. The number of sulfonamides is 1. The number of piperazine rings is 1. The first-order valence-electron chi connectivity index (χ1n) is 8.45. The molecular weight excluding hydrogens is 410 g/mol. The average molecular weight is 427 g/mol. The molecule has 28 heavy (non-hydrogen) atoms. The van der Waals surface area contributed by atoms with Crippen LogP contribution in [0.25, 0.3) is 6.08 Å². The van der Waals surface area contributed by atoms with Crippen LogP contribution in [-0.2, 0) is 14.8 Å². The van der Waals surface area contributed by atoms with Gasteiger partial charge in [0.2, 0.25) is 15.9 Å². The van der Waals surface area contributed by atoms with Crippen LogP contribution in [0.2, 0.25) is 5.02 Å². The molecule has 0 N–H and O–H groups in total. The van der Waals surface area contributed by atoms with Gasteiger partial charge in [-0.2, -0.15) is 4.31 Å². The molecule has 1 aliphatic rings. The smallest absolute Gasteiger partial charge is 0.246 e. The summed E-state index contributed by atoms with van der Waals surface area (Å²) in [5, 5.41) is 0.554. The number of halogens is 3. The van der Waals surface area contributed by atoms with Crippen molar-refractivity contribution in [1.82, 2.24) is 9.21 Å². The summed E-state index contributed by atoms with van der Waals surface area (Å²) in [7, 11) is -4.18. The van der Waals surface area contributed by atoms with Crippen LogP contribution in [0, 0.1) is 11.6 Å². The molecule has 2 aromatic carbocycles. The monoisotopic (exact) mass is 426 g/mol. The van der Waals surface area contributed by atoms with Gasteiger partial charge < -0.3 is 4.90 Å². The van der Waals surface area contributed by atoms with Crippen molar-refractivity contribution in [3.63, 3.8) is 0 Å². The molecular formula is C19H17ClF2N2O3S. The van der Waals surface area contributed by atoms with Gasteiger partial charge in [0.15, 0.2) is 0 Å². The molecule has 0 aliphatic carbocycles. The van der Waals surface area contributed by atoms with E-state index in [1.165, 1.54) is 11.0 Å². The summed E-state index contributed by atoms with van der Waals surface area (Å²) in [5.74, 6) is -2.11. The normalized spacial score (nSPS) is 15.9. The predicted molar refractivity (Wildman–Crippen MR) is 102 cm³/mol. The highest BCUT2D eigenvalue weighted by Gasteiger charge is 2.31. The van der Waals surface area contributed by atoms with Crippen molar-refractivity contribution in [2.75, 3.05) is 26.2 Å². The Hall–Kier alpha value is -2.29. The molecule has 3 rings (SSSR count). The maximum absolute atomic E-state index is 13.9. The molecule has 148 valence electrons. The van der Waals surface area contributed by atoms with Crippen LogP contribution < -0.4 is 0 Å². The maximum Gasteiger partial charge on any atom is 0.246 e. The molecule has 2 aromatic rings. The number of hydrogen-bond acceptors (Lipinski definition) is 3. The summed E-state index contributed by atoms with van der Waals surface area (Å²) in [4.78, 5) is 13.1. The van der Waals surface area contributed by atoms with Gasteiger partial charge in [-0.1, -0.05) is 23.7 Å². The predicted octanol–water partition coefficient (Wildman–Crippen LogP) is 3.16. The summed E-state index contributed by atoms with van der Waals surface area (Å²) in [6, 6.07) is 9.30. The topological polar surface area (TPSA) is 57.7 Å². The highest BCUT2D eigenvalue weighted by atomic mass is 35.5. The lowest BCUT2D eigenvalue weighted by Crippen LogP contribution is -2.50. The molecule has 0 saturated carbocycles. The van der Waals surface area contributed by atoms with Gasteiger partial charge in [0.1, 0.15) is 16.5 Å². The zero-order valence-corrected chi connectivity index (χ0v) is 16.3. The van der Waals surface area contributed by atoms with Crippen molar-refractivity contribution >= 4 is 33.6 Å². The second-order valence-electron chi connectivity index (χ2n) is 6.19. The molecule has 5 nitrogen and oxygen atoms in total. The van der Waals surface area contributed by atoms with E-state index in [1.54, 1.807) is 30.3 Å². The fourth-order valence-electron chi connectivity index (χ4n) is 2.85. The van der Waals surface area contributed by atoms with Gasteiger partial charge in [0, 0.05) is 37.3 Å². The van der Waals surface area contributed by atoms with Crippen LogP contribution in [-0.4, -0.2) is 49.7 Å². The number of benzene rings is 2. The molecule has 9 heteroatoms. The standard InChI is InChI=1S/C19H17ClF2N2O3S/c20-15-3-1-2-14(12-15)4-7-19(25)23-8-10-24(11-9-23)28(26,27)18-13-16(21)5-6-17(18)22/h1-7,12-13H,8-11H2/b7-4+. The lowest BCUT2D eigenvalue weighted by molar-refractivity contribution is -0.127. The second-order valence-corrected chi connectivity index (χ2v) is 8.54. The highest BCUT2D eigenvalue weighted by Crippen LogP contribution is 2.22. The van der Waals surface area contributed by atoms with E-state index in [-0.39, 0.29) is 32.1 Å². The quantitative estimate of drug-likeness (QED) is 0.706. The number of nitrogens with zero attached hydrogens (tertiary/aromatic N) is 2. The van der Waals surface area contributed by atoms with Crippen molar-refractivity contribution in [2.24, 2.45) is 0 Å². The van der Waals surface area contributed by atoms with Crippen molar-refractivity contribution in [3.8, 4) is 0 Å². The zero-order chi connectivity index (χ0) is 20.3. The molecule has 1 amide bonds. The molecule has 0 bridgehead atoms. The first-order valence-corrected chi connectivity index (χ1v) is 10.3. The largest absolute Gasteiger partial charge is 0.337 e. The third-order valence-electron chi connectivity index (χ3n) is 4.33. The second kappa shape index (κ2) is 8.38. The molecule has 1 aliphatic heterocycles. The van der Waals surface area contributed by atoms with Gasteiger partial charge in [0.05, 0.1) is 0 Å². The van der Waals surface area contributed by atoms with E-state index >= 15 is 0 Å². The van der Waals surface area contributed by atoms with Gasteiger partial charge in [-0.3, -0.25) is 4.79 Å². The number of carbonyl (C=O) groups is 1. The Morgan fingerprint density at radius 1 is 1.04 bits per heavy atom. The van der Waals surface area contributed by atoms with E-state index in [0.717, 1.165) is 22.0 Å². The van der Waals surface area contributed by atoms with Crippen LogP contribution in [0.15, 0.2) is 53.4 Å². The fraction of sp³-hybridized carbons (Fsp3) is 0.211. The average Bonchev–Trinajstić information content (AvgIpc) is 2.68.